The van der Waals surface area contributed by atoms with E-state index in [4.69, 9.17) is 0 Å². The first-order valence-electron chi connectivity index (χ1n) is 23.1. The normalized spacial score (nSPS) is 15.4. The number of rotatable bonds is 9. The molecule has 69 heavy (non-hydrogen) atoms. The molecule has 0 saturated carbocycles. The SMILES string of the molecule is CC(NC(=O)c1c(C)cccc1C)=C1C=CCC(=C(C)NC(=O)c2c(C)cccc2C)N1.CC(NC(=O)c1c(C)cccc1C)=C1C=CCC(=C(C)NC(=O)c2c(C)cccc2C)N1.CC[CH2][Nd].[Nd]. The molecular weight excluding hydrogens is 1120 g/mol. The van der Waals surface area contributed by atoms with Gasteiger partial charge in [-0.3, -0.25) is 19.2 Å². The molecule has 359 valence electrons. The fraction of sp³-hybridized carbons (Fsp3) is 0.298. The molecule has 10 nitrogen and oxygen atoms in total. The molecule has 0 aromatic heterocycles. The Morgan fingerprint density at radius 2 is 0.667 bits per heavy atom. The van der Waals surface area contributed by atoms with Gasteiger partial charge in [0.05, 0.1) is 11.4 Å². The fourth-order valence-electron chi connectivity index (χ4n) is 7.94. The number of benzene rings is 4. The van der Waals surface area contributed by atoms with Crippen LogP contribution in [-0.2, 0) is 0 Å². The summed E-state index contributed by atoms with van der Waals surface area (Å²) >= 11 is 1.39. The van der Waals surface area contributed by atoms with Crippen LogP contribution in [0.4, 0.5) is 0 Å². The quantitative estimate of drug-likeness (QED) is 0.0986. The van der Waals surface area contributed by atoms with Gasteiger partial charge in [-0.05, 0) is 140 Å². The predicted molar refractivity (Wildman–Crippen MR) is 273 cm³/mol. The van der Waals surface area contributed by atoms with Crippen LogP contribution in [-0.4, -0.2) is 23.6 Å². The topological polar surface area (TPSA) is 140 Å². The largest absolute Gasteiger partial charge is 0 e. The molecular formula is C57H69N6Nd2O4. The van der Waals surface area contributed by atoms with Gasteiger partial charge in [-0.15, -0.1) is 0 Å². The van der Waals surface area contributed by atoms with Crippen LogP contribution in [0.15, 0.2) is 143 Å². The molecule has 2 aliphatic rings. The van der Waals surface area contributed by atoms with Crippen molar-refractivity contribution < 1.29 is 98.8 Å². The van der Waals surface area contributed by atoms with E-state index in [0.717, 1.165) is 90.1 Å². The van der Waals surface area contributed by atoms with Crippen molar-refractivity contribution in [2.24, 2.45) is 0 Å². The Morgan fingerprint density at radius 1 is 0.449 bits per heavy atom. The molecule has 0 radical (unpaired) electrons. The first-order valence-corrected chi connectivity index (χ1v) is 25.4. The van der Waals surface area contributed by atoms with Gasteiger partial charge < -0.3 is 31.9 Å². The third-order valence-corrected chi connectivity index (χ3v) is 13.4. The van der Waals surface area contributed by atoms with E-state index in [1.165, 1.54) is 47.3 Å². The van der Waals surface area contributed by atoms with Crippen LogP contribution in [0.2, 0.25) is 2.07 Å². The first kappa shape index (κ1) is 58.8. The molecule has 4 aromatic carbocycles. The third kappa shape index (κ3) is 16.5. The summed E-state index contributed by atoms with van der Waals surface area (Å²) in [5.41, 5.74) is 16.7. The summed E-state index contributed by atoms with van der Waals surface area (Å²) in [6, 6.07) is 23.3. The Kier molecular flexibility index (Phi) is 24.2. The van der Waals surface area contributed by atoms with Crippen LogP contribution in [0, 0.1) is 135 Å². The Balaban J connectivity index is 0.000000334. The summed E-state index contributed by atoms with van der Waals surface area (Å²) in [5.74, 6) is -0.492. The van der Waals surface area contributed by atoms with Gasteiger partial charge in [0, 0.05) is 110 Å². The van der Waals surface area contributed by atoms with Gasteiger partial charge in [0.15, 0.2) is 0 Å². The minimum Gasteiger partial charge on any atom is 0 e. The summed E-state index contributed by atoms with van der Waals surface area (Å²) < 4.78 is 1.46. The van der Waals surface area contributed by atoms with Crippen LogP contribution < -0.4 is 31.9 Å². The van der Waals surface area contributed by atoms with Gasteiger partial charge in [0.1, 0.15) is 0 Å². The minimum atomic E-state index is -0.128. The number of hydrogen-bond acceptors (Lipinski definition) is 6. The molecule has 12 heteroatoms. The van der Waals surface area contributed by atoms with Crippen LogP contribution in [0.5, 0.6) is 0 Å². The van der Waals surface area contributed by atoms with E-state index >= 15 is 0 Å². The van der Waals surface area contributed by atoms with Crippen LogP contribution >= 0.6 is 0 Å². The molecule has 4 aromatic rings. The zero-order chi connectivity index (χ0) is 50.2. The number of amides is 4. The van der Waals surface area contributed by atoms with E-state index < -0.39 is 0 Å². The first-order chi connectivity index (χ1) is 32.3. The van der Waals surface area contributed by atoms with E-state index in [1.54, 1.807) is 0 Å². The number of allylic oxidation sites excluding steroid dienone is 8. The van der Waals surface area contributed by atoms with E-state index in [1.807, 2.05) is 180 Å². The number of nitrogens with one attached hydrogen (secondary N) is 6. The van der Waals surface area contributed by atoms with Gasteiger partial charge in [-0.2, -0.15) is 0 Å². The molecule has 0 spiro atoms. The predicted octanol–water partition coefficient (Wildman–Crippen LogP) is 11.5. The second-order valence-corrected chi connectivity index (χ2v) is 19.0. The molecule has 0 atom stereocenters. The van der Waals surface area contributed by atoms with E-state index in [-0.39, 0.29) is 64.5 Å². The minimum absolute atomic E-state index is 0. The summed E-state index contributed by atoms with van der Waals surface area (Å²) in [6.45, 7) is 25.2. The Labute approximate surface area is 470 Å². The summed E-state index contributed by atoms with van der Waals surface area (Å²) in [6.07, 6.45) is 10.6. The second kappa shape index (κ2) is 28.4. The average molecular weight is 1190 g/mol. The van der Waals surface area contributed by atoms with E-state index in [9.17, 15) is 19.2 Å². The monoisotopic (exact) mass is 1190 g/mol. The molecule has 6 N–H and O–H groups in total. The van der Waals surface area contributed by atoms with Crippen molar-refractivity contribution in [2.45, 2.75) is 111 Å². The molecule has 0 bridgehead atoms. The summed E-state index contributed by atoms with van der Waals surface area (Å²) in [5, 5.41) is 18.8. The second-order valence-electron chi connectivity index (χ2n) is 17.4. The average Bonchev–Trinajstić information content (AvgIpc) is 3.29. The van der Waals surface area contributed by atoms with Crippen molar-refractivity contribution in [3.05, 3.63) is 209 Å². The molecule has 4 amide bonds. The fourth-order valence-corrected chi connectivity index (χ4v) is 7.94. The van der Waals surface area contributed by atoms with E-state index in [2.05, 4.69) is 38.8 Å². The van der Waals surface area contributed by atoms with Crippen molar-refractivity contribution in [1.29, 1.82) is 0 Å². The van der Waals surface area contributed by atoms with Crippen molar-refractivity contribution >= 4 is 23.6 Å². The smallest absolute Gasteiger partial charge is 0 e. The van der Waals surface area contributed by atoms with Crippen LogP contribution in [0.25, 0.3) is 0 Å². The molecule has 0 aliphatic carbocycles. The third-order valence-electron chi connectivity index (χ3n) is 11.8. The van der Waals surface area contributed by atoms with Gasteiger partial charge >= 0.3 is 54.2 Å². The van der Waals surface area contributed by atoms with Crippen LogP contribution in [0.1, 0.15) is 140 Å². The Hall–Kier alpha value is -4.50. The number of carbonyl (C=O) groups is 4. The number of aryl methyl sites for hydroxylation is 8. The van der Waals surface area contributed by atoms with Gasteiger partial charge in [-0.1, -0.05) is 84.9 Å². The molecule has 2 aliphatic heterocycles. The van der Waals surface area contributed by atoms with E-state index in [0.29, 0.717) is 35.1 Å². The van der Waals surface area contributed by atoms with Gasteiger partial charge in [0.2, 0.25) is 0 Å². The number of carbonyl (C=O) groups excluding carboxylic acids is 4. The summed E-state index contributed by atoms with van der Waals surface area (Å²) in [4.78, 5) is 51.4. The zero-order valence-corrected chi connectivity index (χ0v) is 49.1. The van der Waals surface area contributed by atoms with Gasteiger partial charge in [-0.25, -0.2) is 0 Å². The van der Waals surface area contributed by atoms with Crippen molar-refractivity contribution in [2.75, 3.05) is 0 Å². The van der Waals surface area contributed by atoms with Crippen LogP contribution in [0.3, 0.4) is 0 Å². The standard InChI is InChI=1S/2C27H31N3O2.C3H7.2Nd/c2*1-16-10-7-11-17(2)24(16)26(31)28-20(5)22-14-9-15-23(30-22)21(6)29-27(32)25-18(3)12-8-13-19(25)4;1-3-2;;/h2*7-14,30H,15H2,1-6H3,(H,28,31)(H,29,32);1,3H2,2H3;;. The molecule has 0 saturated heterocycles. The maximum atomic E-state index is 12.9. The maximum Gasteiger partial charge on any atom is 0 e. The zero-order valence-electron chi connectivity index (χ0n) is 42.7. The molecule has 6 rings (SSSR count). The van der Waals surface area contributed by atoms with Gasteiger partial charge in [0.25, 0.3) is 23.6 Å². The molecule has 0 unspecified atom stereocenters. The number of hydrogen-bond donors (Lipinski definition) is 6. The van der Waals surface area contributed by atoms with Crippen molar-refractivity contribution in [1.82, 2.24) is 31.9 Å². The summed E-state index contributed by atoms with van der Waals surface area (Å²) in [7, 11) is 0. The van der Waals surface area contributed by atoms with Crippen molar-refractivity contribution in [3.8, 4) is 0 Å². The van der Waals surface area contributed by atoms with Crippen molar-refractivity contribution in [3.63, 3.8) is 0 Å². The Morgan fingerprint density at radius 3 is 0.884 bits per heavy atom. The molecule has 0 fully saturated rings. The molecule has 2 heterocycles. The Bertz CT molecular complexity index is 2490. The maximum absolute atomic E-state index is 12.9.